The van der Waals surface area contributed by atoms with Gasteiger partial charge in [-0.2, -0.15) is 4.89 Å². The monoisotopic (exact) mass is 252 g/mol. The van der Waals surface area contributed by atoms with Crippen molar-refractivity contribution in [3.05, 3.63) is 29.8 Å². The Morgan fingerprint density at radius 3 is 2.44 bits per heavy atom. The minimum Gasteiger partial charge on any atom is -0.494 e. The number of carbonyl (C=O) groups excluding carboxylic acids is 1. The van der Waals surface area contributed by atoms with Gasteiger partial charge in [0.2, 0.25) is 0 Å². The van der Waals surface area contributed by atoms with E-state index in [9.17, 15) is 4.79 Å². The molecule has 0 saturated carbocycles. The van der Waals surface area contributed by atoms with Crippen LogP contribution < -0.4 is 4.74 Å². The fourth-order valence-electron chi connectivity index (χ4n) is 1.36. The fourth-order valence-corrected chi connectivity index (χ4v) is 1.36. The third kappa shape index (κ3) is 5.68. The molecule has 0 spiro atoms. The third-order valence-electron chi connectivity index (χ3n) is 2.19. The Labute approximate surface area is 108 Å². The van der Waals surface area contributed by atoms with Crippen molar-refractivity contribution in [1.29, 1.82) is 0 Å². The Balaban J connectivity index is 2.32. The molecule has 1 aromatic rings. The molecule has 0 atom stereocenters. The van der Waals surface area contributed by atoms with Gasteiger partial charge in [-0.05, 0) is 44.9 Å². The lowest BCUT2D eigenvalue weighted by Crippen LogP contribution is -2.11. The van der Waals surface area contributed by atoms with E-state index in [2.05, 4.69) is 4.89 Å². The molecule has 0 amide bonds. The molecular formula is C14H20O4. The normalized spacial score (nSPS) is 10.4. The zero-order valence-electron chi connectivity index (χ0n) is 11.1. The van der Waals surface area contributed by atoms with E-state index in [-0.39, 0.29) is 12.1 Å². The summed E-state index contributed by atoms with van der Waals surface area (Å²) >= 11 is 0. The van der Waals surface area contributed by atoms with Gasteiger partial charge >= 0.3 is 5.97 Å². The second-order valence-corrected chi connectivity index (χ2v) is 4.18. The standard InChI is InChI=1S/C14H20O4/c1-4-16-13-8-5-12(6-9-13)7-10-14(15)18-17-11(2)3/h5-6,8-9,11H,4,7,10H2,1-3H3. The summed E-state index contributed by atoms with van der Waals surface area (Å²) in [6.45, 7) is 6.20. The Bertz CT molecular complexity index is 357. The van der Waals surface area contributed by atoms with Gasteiger partial charge in [-0.25, -0.2) is 4.79 Å². The average Bonchev–Trinajstić information content (AvgIpc) is 2.36. The largest absolute Gasteiger partial charge is 0.494 e. The molecule has 18 heavy (non-hydrogen) atoms. The maximum absolute atomic E-state index is 11.3. The Kier molecular flexibility index (Phi) is 6.22. The molecule has 0 radical (unpaired) electrons. The molecule has 4 nitrogen and oxygen atoms in total. The van der Waals surface area contributed by atoms with Crippen LogP contribution in [0.25, 0.3) is 0 Å². The van der Waals surface area contributed by atoms with E-state index in [1.54, 1.807) is 13.8 Å². The van der Waals surface area contributed by atoms with Crippen LogP contribution in [0.2, 0.25) is 0 Å². The second kappa shape index (κ2) is 7.71. The van der Waals surface area contributed by atoms with E-state index in [0.717, 1.165) is 11.3 Å². The van der Waals surface area contributed by atoms with Gasteiger partial charge in [-0.3, -0.25) is 4.89 Å². The molecule has 0 heterocycles. The highest BCUT2D eigenvalue weighted by molar-refractivity contribution is 5.69. The molecule has 1 aromatic carbocycles. The third-order valence-corrected chi connectivity index (χ3v) is 2.19. The lowest BCUT2D eigenvalue weighted by atomic mass is 10.1. The van der Waals surface area contributed by atoms with Gasteiger partial charge < -0.3 is 4.74 Å². The molecule has 0 aromatic heterocycles. The van der Waals surface area contributed by atoms with Crippen molar-refractivity contribution in [2.45, 2.75) is 39.7 Å². The minimum atomic E-state index is -0.349. The summed E-state index contributed by atoms with van der Waals surface area (Å²) in [7, 11) is 0. The van der Waals surface area contributed by atoms with Crippen molar-refractivity contribution in [2.24, 2.45) is 0 Å². The molecule has 0 aliphatic heterocycles. The highest BCUT2D eigenvalue weighted by Crippen LogP contribution is 2.13. The van der Waals surface area contributed by atoms with Crippen LogP contribution in [0.4, 0.5) is 0 Å². The van der Waals surface area contributed by atoms with E-state index in [1.807, 2.05) is 31.2 Å². The molecule has 1 rings (SSSR count). The van der Waals surface area contributed by atoms with E-state index >= 15 is 0 Å². The van der Waals surface area contributed by atoms with E-state index in [4.69, 9.17) is 9.62 Å². The molecule has 0 aliphatic rings. The van der Waals surface area contributed by atoms with Crippen molar-refractivity contribution < 1.29 is 19.3 Å². The Morgan fingerprint density at radius 1 is 1.22 bits per heavy atom. The van der Waals surface area contributed by atoms with Crippen LogP contribution in [-0.2, 0) is 21.0 Å². The quantitative estimate of drug-likeness (QED) is 0.553. The van der Waals surface area contributed by atoms with Gasteiger partial charge in [-0.15, -0.1) is 0 Å². The first-order chi connectivity index (χ1) is 8.61. The predicted octanol–water partition coefficient (Wildman–Crippen LogP) is 2.90. The summed E-state index contributed by atoms with van der Waals surface area (Å²) in [4.78, 5) is 20.7. The number of benzene rings is 1. The zero-order valence-corrected chi connectivity index (χ0v) is 11.1. The Hall–Kier alpha value is -1.55. The van der Waals surface area contributed by atoms with Crippen molar-refractivity contribution in [2.75, 3.05) is 6.61 Å². The number of hydrogen-bond acceptors (Lipinski definition) is 4. The molecule has 0 saturated heterocycles. The van der Waals surface area contributed by atoms with Gasteiger partial charge in [-0.1, -0.05) is 12.1 Å². The van der Waals surface area contributed by atoms with Gasteiger partial charge in [0.05, 0.1) is 19.1 Å². The molecule has 4 heteroatoms. The molecule has 0 aliphatic carbocycles. The summed E-state index contributed by atoms with van der Waals surface area (Å²) < 4.78 is 5.34. The van der Waals surface area contributed by atoms with Gasteiger partial charge in [0.25, 0.3) is 0 Å². The zero-order chi connectivity index (χ0) is 13.4. The van der Waals surface area contributed by atoms with Crippen molar-refractivity contribution >= 4 is 5.97 Å². The van der Waals surface area contributed by atoms with Crippen LogP contribution in [0.1, 0.15) is 32.8 Å². The number of rotatable bonds is 7. The molecule has 0 fully saturated rings. The van der Waals surface area contributed by atoms with Crippen LogP contribution in [0.5, 0.6) is 5.75 Å². The van der Waals surface area contributed by atoms with Crippen molar-refractivity contribution in [3.63, 3.8) is 0 Å². The second-order valence-electron chi connectivity index (χ2n) is 4.18. The van der Waals surface area contributed by atoms with Gasteiger partial charge in [0, 0.05) is 0 Å². The van der Waals surface area contributed by atoms with Crippen LogP contribution in [0.15, 0.2) is 24.3 Å². The fraction of sp³-hybridized carbons (Fsp3) is 0.500. The number of aryl methyl sites for hydroxylation is 1. The van der Waals surface area contributed by atoms with E-state index in [0.29, 0.717) is 19.4 Å². The summed E-state index contributed by atoms with van der Waals surface area (Å²) in [6, 6.07) is 7.69. The number of ether oxygens (including phenoxy) is 1. The SMILES string of the molecule is CCOc1ccc(CCC(=O)OOC(C)C)cc1. The van der Waals surface area contributed by atoms with Gasteiger partial charge in [0.15, 0.2) is 0 Å². The predicted molar refractivity (Wildman–Crippen MR) is 68.2 cm³/mol. The molecule has 0 N–H and O–H groups in total. The molecule has 0 bridgehead atoms. The molecular weight excluding hydrogens is 232 g/mol. The summed E-state index contributed by atoms with van der Waals surface area (Å²) in [5.41, 5.74) is 1.07. The summed E-state index contributed by atoms with van der Waals surface area (Å²) in [6.07, 6.45) is 0.826. The van der Waals surface area contributed by atoms with Crippen LogP contribution in [-0.4, -0.2) is 18.7 Å². The first kappa shape index (κ1) is 14.5. The first-order valence-corrected chi connectivity index (χ1v) is 6.19. The van der Waals surface area contributed by atoms with E-state index in [1.165, 1.54) is 0 Å². The van der Waals surface area contributed by atoms with Crippen LogP contribution in [0.3, 0.4) is 0 Å². The molecule has 100 valence electrons. The number of hydrogen-bond donors (Lipinski definition) is 0. The van der Waals surface area contributed by atoms with Gasteiger partial charge in [0.1, 0.15) is 5.75 Å². The smallest absolute Gasteiger partial charge is 0.342 e. The summed E-state index contributed by atoms with van der Waals surface area (Å²) in [5.74, 6) is 0.490. The lowest BCUT2D eigenvalue weighted by Gasteiger charge is -2.06. The van der Waals surface area contributed by atoms with Crippen molar-refractivity contribution in [1.82, 2.24) is 0 Å². The average molecular weight is 252 g/mol. The maximum atomic E-state index is 11.3. The highest BCUT2D eigenvalue weighted by atomic mass is 17.2. The van der Waals surface area contributed by atoms with Crippen LogP contribution in [0, 0.1) is 0 Å². The topological polar surface area (TPSA) is 44.8 Å². The summed E-state index contributed by atoms with van der Waals surface area (Å²) in [5, 5.41) is 0. The first-order valence-electron chi connectivity index (χ1n) is 6.19. The maximum Gasteiger partial charge on any atom is 0.342 e. The lowest BCUT2D eigenvalue weighted by molar-refractivity contribution is -0.291. The van der Waals surface area contributed by atoms with Crippen molar-refractivity contribution in [3.8, 4) is 5.75 Å². The number of carbonyl (C=O) groups is 1. The van der Waals surface area contributed by atoms with E-state index < -0.39 is 0 Å². The molecule has 0 unspecified atom stereocenters. The van der Waals surface area contributed by atoms with Crippen LogP contribution >= 0.6 is 0 Å². The highest BCUT2D eigenvalue weighted by Gasteiger charge is 2.06. The Morgan fingerprint density at radius 2 is 1.89 bits per heavy atom. The minimum absolute atomic E-state index is 0.112.